The zero-order valence-corrected chi connectivity index (χ0v) is 19.9. The molecule has 3 aliphatic rings. The molecule has 0 aromatic carbocycles. The number of carbonyl (C=O) groups is 1. The topological polar surface area (TPSA) is 87.8 Å². The Balaban J connectivity index is 1.79. The third kappa shape index (κ3) is 4.22. The fraction of sp³-hybridized carbons (Fsp3) is 0.545. The van der Waals surface area contributed by atoms with Crippen LogP contribution < -0.4 is 10.5 Å². The largest absolute Gasteiger partial charge is 0.378 e. The summed E-state index contributed by atoms with van der Waals surface area (Å²) in [5, 5.41) is 9.67. The van der Waals surface area contributed by atoms with Crippen molar-refractivity contribution in [2.45, 2.75) is 39.3 Å². The van der Waals surface area contributed by atoms with E-state index in [4.69, 9.17) is 21.7 Å². The number of ether oxygens (including phenoxy) is 2. The highest BCUT2D eigenvalue weighted by atomic mass is 32.2. The Morgan fingerprint density at radius 1 is 1.28 bits per heavy atom. The number of hydrogen-bond donors (Lipinski definition) is 0. The number of pyridine rings is 1. The maximum absolute atomic E-state index is 13.2. The van der Waals surface area contributed by atoms with Crippen molar-refractivity contribution in [3.8, 4) is 6.07 Å². The first kappa shape index (κ1) is 23.0. The number of carbonyl (C=O) groups excluding carboxylic acids is 1. The van der Waals surface area contributed by atoms with E-state index < -0.39 is 0 Å². The first-order chi connectivity index (χ1) is 15.5. The monoisotopic (exact) mass is 474 g/mol. The molecule has 1 atom stereocenters. The van der Waals surface area contributed by atoms with Gasteiger partial charge >= 0.3 is 0 Å². The number of rotatable bonds is 5. The average molecular weight is 475 g/mol. The summed E-state index contributed by atoms with van der Waals surface area (Å²) in [5.74, 6) is 0.567. The highest BCUT2D eigenvalue weighted by molar-refractivity contribution is 8.26. The quantitative estimate of drug-likeness (QED) is 0.474. The Hall–Kier alpha value is -2.19. The van der Waals surface area contributed by atoms with Gasteiger partial charge in [-0.15, -0.1) is 0 Å². The van der Waals surface area contributed by atoms with Crippen LogP contribution in [0.4, 0.5) is 5.82 Å². The van der Waals surface area contributed by atoms with E-state index in [-0.39, 0.29) is 23.1 Å². The van der Waals surface area contributed by atoms with Crippen LogP contribution in [0.25, 0.3) is 6.08 Å². The normalized spacial score (nSPS) is 22.8. The molecule has 0 N–H and O–H groups in total. The molecular formula is C22H26N4O4S2. The van der Waals surface area contributed by atoms with Gasteiger partial charge in [0.05, 0.1) is 30.8 Å². The molecule has 32 heavy (non-hydrogen) atoms. The minimum Gasteiger partial charge on any atom is -0.378 e. The number of morpholine rings is 1. The van der Waals surface area contributed by atoms with Gasteiger partial charge in [0.25, 0.3) is 11.5 Å². The van der Waals surface area contributed by atoms with E-state index in [1.54, 1.807) is 22.5 Å². The van der Waals surface area contributed by atoms with Gasteiger partial charge in [-0.1, -0.05) is 24.0 Å². The lowest BCUT2D eigenvalue weighted by atomic mass is 10.0. The zero-order chi connectivity index (χ0) is 22.8. The molecule has 0 spiro atoms. The molecule has 1 aromatic heterocycles. The molecule has 3 fully saturated rings. The van der Waals surface area contributed by atoms with Gasteiger partial charge < -0.3 is 14.4 Å². The van der Waals surface area contributed by atoms with E-state index in [1.165, 1.54) is 11.8 Å². The summed E-state index contributed by atoms with van der Waals surface area (Å²) in [6.07, 6.45) is 3.71. The van der Waals surface area contributed by atoms with Crippen LogP contribution in [0.3, 0.4) is 0 Å². The van der Waals surface area contributed by atoms with Crippen molar-refractivity contribution in [2.24, 2.45) is 0 Å². The second kappa shape index (κ2) is 9.75. The Kier molecular flexibility index (Phi) is 7.00. The van der Waals surface area contributed by atoms with Crippen molar-refractivity contribution in [1.29, 1.82) is 5.26 Å². The molecule has 1 unspecified atom stereocenters. The first-order valence-corrected chi connectivity index (χ1v) is 12.1. The predicted molar refractivity (Wildman–Crippen MR) is 128 cm³/mol. The van der Waals surface area contributed by atoms with Crippen LogP contribution >= 0.6 is 24.0 Å². The molecule has 3 saturated heterocycles. The smallest absolute Gasteiger partial charge is 0.270 e. The number of anilines is 1. The third-order valence-corrected chi connectivity index (χ3v) is 7.41. The number of amides is 1. The van der Waals surface area contributed by atoms with Gasteiger partial charge in [-0.3, -0.25) is 19.1 Å². The summed E-state index contributed by atoms with van der Waals surface area (Å²) >= 11 is 6.75. The second-order valence-electron chi connectivity index (χ2n) is 7.93. The summed E-state index contributed by atoms with van der Waals surface area (Å²) in [6, 6.07) is 2.06. The predicted octanol–water partition coefficient (Wildman–Crippen LogP) is 2.27. The number of aromatic nitrogens is 1. The van der Waals surface area contributed by atoms with Crippen LogP contribution in [0.2, 0.25) is 0 Å². The van der Waals surface area contributed by atoms with Gasteiger partial charge in [0.2, 0.25) is 0 Å². The van der Waals surface area contributed by atoms with Gasteiger partial charge in [0, 0.05) is 31.8 Å². The van der Waals surface area contributed by atoms with E-state index >= 15 is 0 Å². The molecule has 1 amide bonds. The van der Waals surface area contributed by atoms with Gasteiger partial charge in [0.15, 0.2) is 0 Å². The summed E-state index contributed by atoms with van der Waals surface area (Å²) in [6.45, 7) is 7.61. The standard InChI is InChI=1S/C22H26N4O4S2/c1-3-25-19(24-6-9-29-10-7-24)16(14(2)17(12-23)20(25)27)11-18-21(28)26(22(31)32-18)13-15-5-4-8-30-15/h11,15H,3-10,13H2,1-2H3. The van der Waals surface area contributed by atoms with Crippen molar-refractivity contribution < 1.29 is 14.3 Å². The third-order valence-electron chi connectivity index (χ3n) is 6.03. The minimum atomic E-state index is -0.308. The molecule has 1 aromatic rings. The van der Waals surface area contributed by atoms with Gasteiger partial charge in [-0.25, -0.2) is 0 Å². The summed E-state index contributed by atoms with van der Waals surface area (Å²) in [5.41, 5.74) is 1.08. The molecule has 0 saturated carbocycles. The summed E-state index contributed by atoms with van der Waals surface area (Å²) in [4.78, 5) is 30.4. The number of thioether (sulfide) groups is 1. The molecule has 3 aliphatic heterocycles. The Bertz CT molecular complexity index is 1060. The lowest BCUT2D eigenvalue weighted by Gasteiger charge is -2.33. The van der Waals surface area contributed by atoms with E-state index in [2.05, 4.69) is 11.0 Å². The Morgan fingerprint density at radius 2 is 2.03 bits per heavy atom. The molecule has 0 bridgehead atoms. The molecular weight excluding hydrogens is 448 g/mol. The molecule has 4 heterocycles. The Morgan fingerprint density at radius 3 is 2.66 bits per heavy atom. The number of nitriles is 1. The molecule has 8 nitrogen and oxygen atoms in total. The van der Waals surface area contributed by atoms with Gasteiger partial charge in [0.1, 0.15) is 21.8 Å². The number of hydrogen-bond acceptors (Lipinski definition) is 8. The first-order valence-electron chi connectivity index (χ1n) is 10.8. The van der Waals surface area contributed by atoms with Crippen molar-refractivity contribution in [1.82, 2.24) is 9.47 Å². The SMILES string of the molecule is CCn1c(N2CCOCC2)c(C=C2SC(=S)N(CC3CCCO3)C2=O)c(C)c(C#N)c1=O. The molecule has 10 heteroatoms. The molecule has 170 valence electrons. The fourth-order valence-electron chi connectivity index (χ4n) is 4.33. The maximum Gasteiger partial charge on any atom is 0.270 e. The van der Waals surface area contributed by atoms with E-state index in [1.807, 2.05) is 6.92 Å². The Labute approximate surface area is 196 Å². The van der Waals surface area contributed by atoms with Crippen LogP contribution in [0, 0.1) is 18.3 Å². The lowest BCUT2D eigenvalue weighted by Crippen LogP contribution is -2.41. The second-order valence-corrected chi connectivity index (χ2v) is 9.60. The van der Waals surface area contributed by atoms with Crippen LogP contribution in [0.1, 0.15) is 36.5 Å². The van der Waals surface area contributed by atoms with E-state index in [0.29, 0.717) is 66.4 Å². The highest BCUT2D eigenvalue weighted by Gasteiger charge is 2.35. The van der Waals surface area contributed by atoms with Gasteiger partial charge in [-0.05, 0) is 38.3 Å². The summed E-state index contributed by atoms with van der Waals surface area (Å²) in [7, 11) is 0. The lowest BCUT2D eigenvalue weighted by molar-refractivity contribution is -0.123. The van der Waals surface area contributed by atoms with Crippen molar-refractivity contribution in [2.75, 3.05) is 44.4 Å². The number of nitrogens with zero attached hydrogens (tertiary/aromatic N) is 4. The van der Waals surface area contributed by atoms with Gasteiger partial charge in [-0.2, -0.15) is 5.26 Å². The molecule has 0 radical (unpaired) electrons. The highest BCUT2D eigenvalue weighted by Crippen LogP contribution is 2.36. The number of thiocarbonyl (C=S) groups is 1. The molecule has 4 rings (SSSR count). The van der Waals surface area contributed by atoms with E-state index in [9.17, 15) is 14.9 Å². The minimum absolute atomic E-state index is 0.00897. The average Bonchev–Trinajstić information content (AvgIpc) is 3.40. The fourth-order valence-corrected chi connectivity index (χ4v) is 5.59. The van der Waals surface area contributed by atoms with Crippen LogP contribution in [0.5, 0.6) is 0 Å². The summed E-state index contributed by atoms with van der Waals surface area (Å²) < 4.78 is 13.3. The molecule has 0 aliphatic carbocycles. The zero-order valence-electron chi connectivity index (χ0n) is 18.3. The van der Waals surface area contributed by atoms with Crippen LogP contribution in [-0.4, -0.2) is 65.3 Å². The van der Waals surface area contributed by atoms with Crippen molar-refractivity contribution in [3.05, 3.63) is 31.9 Å². The van der Waals surface area contributed by atoms with Crippen LogP contribution in [0.15, 0.2) is 9.70 Å². The van der Waals surface area contributed by atoms with Crippen molar-refractivity contribution in [3.63, 3.8) is 0 Å². The van der Waals surface area contributed by atoms with E-state index in [0.717, 1.165) is 18.7 Å². The van der Waals surface area contributed by atoms with Crippen LogP contribution in [-0.2, 0) is 20.8 Å². The van der Waals surface area contributed by atoms with Crippen molar-refractivity contribution >= 4 is 46.1 Å². The maximum atomic E-state index is 13.2.